The van der Waals surface area contributed by atoms with E-state index in [4.69, 9.17) is 4.43 Å². The van der Waals surface area contributed by atoms with Crippen molar-refractivity contribution in [1.82, 2.24) is 5.32 Å². The fourth-order valence-electron chi connectivity index (χ4n) is 1.43. The van der Waals surface area contributed by atoms with Crippen LogP contribution in [0, 0.1) is 5.92 Å². The molecule has 22 heavy (non-hydrogen) atoms. The first-order valence-electron chi connectivity index (χ1n) is 8.31. The van der Waals surface area contributed by atoms with Crippen LogP contribution in [0.1, 0.15) is 47.5 Å². The number of amides is 1. The van der Waals surface area contributed by atoms with Gasteiger partial charge in [0.15, 0.2) is 8.32 Å². The molecule has 0 unspecified atom stereocenters. The second-order valence-corrected chi connectivity index (χ2v) is 12.5. The number of carbonyl (C=O) groups is 1. The Hall–Kier alpha value is -0.873. The Morgan fingerprint density at radius 3 is 2.41 bits per heavy atom. The lowest BCUT2D eigenvalue weighted by Crippen LogP contribution is -2.40. The van der Waals surface area contributed by atoms with Crippen molar-refractivity contribution < 1.29 is 9.22 Å². The topological polar surface area (TPSA) is 38.3 Å². The molecule has 128 valence electrons. The highest BCUT2D eigenvalue weighted by atomic mass is 28.4. The summed E-state index contributed by atoms with van der Waals surface area (Å²) in [5.74, 6) is 0.452. The van der Waals surface area contributed by atoms with Crippen molar-refractivity contribution in [1.29, 1.82) is 0 Å². The maximum atomic E-state index is 11.4. The van der Waals surface area contributed by atoms with Gasteiger partial charge in [-0.1, -0.05) is 52.8 Å². The molecule has 0 aromatic carbocycles. The molecule has 1 N–H and O–H groups in total. The predicted octanol–water partition coefficient (Wildman–Crippen LogP) is 4.67. The third-order valence-electron chi connectivity index (χ3n) is 3.96. The number of carbonyl (C=O) groups excluding carboxylic acids is 1. The Labute approximate surface area is 138 Å². The highest BCUT2D eigenvalue weighted by Crippen LogP contribution is 2.36. The van der Waals surface area contributed by atoms with E-state index in [1.807, 2.05) is 6.08 Å². The lowest BCUT2D eigenvalue weighted by molar-refractivity contribution is -0.116. The zero-order valence-electron chi connectivity index (χ0n) is 15.5. The highest BCUT2D eigenvalue weighted by Gasteiger charge is 2.36. The number of unbranched alkanes of at least 4 members (excludes halogenated alkanes) is 1. The quantitative estimate of drug-likeness (QED) is 0.289. The maximum Gasteiger partial charge on any atom is 0.243 e. The summed E-state index contributed by atoms with van der Waals surface area (Å²) in [6, 6.07) is 0. The molecular formula is C18H35NO2Si. The first-order chi connectivity index (χ1) is 10.1. The summed E-state index contributed by atoms with van der Waals surface area (Å²) in [5, 5.41) is 3.12. The predicted molar refractivity (Wildman–Crippen MR) is 98.5 cm³/mol. The fourth-order valence-corrected chi connectivity index (χ4v) is 2.51. The van der Waals surface area contributed by atoms with Crippen molar-refractivity contribution in [3.63, 3.8) is 0 Å². The largest absolute Gasteiger partial charge is 0.417 e. The number of nitrogens with one attached hydrogen (secondary N) is 1. The van der Waals surface area contributed by atoms with E-state index in [1.54, 1.807) is 12.2 Å². The summed E-state index contributed by atoms with van der Waals surface area (Å²) in [6.07, 6.45) is 9.39. The zero-order valence-corrected chi connectivity index (χ0v) is 16.5. The Morgan fingerprint density at radius 1 is 1.23 bits per heavy atom. The molecule has 3 nitrogen and oxygen atoms in total. The smallest absolute Gasteiger partial charge is 0.243 e. The third kappa shape index (κ3) is 9.95. The van der Waals surface area contributed by atoms with E-state index in [-0.39, 0.29) is 10.9 Å². The lowest BCUT2D eigenvalue weighted by atomic mass is 10.2. The summed E-state index contributed by atoms with van der Waals surface area (Å²) in [4.78, 5) is 11.4. The van der Waals surface area contributed by atoms with Gasteiger partial charge in [0.25, 0.3) is 0 Å². The first kappa shape index (κ1) is 21.1. The van der Waals surface area contributed by atoms with Crippen LogP contribution in [0.5, 0.6) is 0 Å². The lowest BCUT2D eigenvalue weighted by Gasteiger charge is -2.36. The SMILES string of the molecule is CC(C)CNC(=O)/C=C/C=C/CCCO[Si](C)(C)C(C)(C)C. The van der Waals surface area contributed by atoms with Gasteiger partial charge in [-0.3, -0.25) is 4.79 Å². The van der Waals surface area contributed by atoms with Gasteiger partial charge in [0.05, 0.1) is 0 Å². The van der Waals surface area contributed by atoms with Gasteiger partial charge >= 0.3 is 0 Å². The van der Waals surface area contributed by atoms with Crippen molar-refractivity contribution in [3.8, 4) is 0 Å². The highest BCUT2D eigenvalue weighted by molar-refractivity contribution is 6.74. The molecule has 0 heterocycles. The van der Waals surface area contributed by atoms with Crippen LogP contribution in [0.15, 0.2) is 24.3 Å². The van der Waals surface area contributed by atoms with E-state index in [9.17, 15) is 4.79 Å². The molecule has 0 rings (SSSR count). The van der Waals surface area contributed by atoms with Crippen molar-refractivity contribution in [2.75, 3.05) is 13.2 Å². The number of hydrogen-bond donors (Lipinski definition) is 1. The minimum atomic E-state index is -1.60. The standard InChI is InChI=1S/C18H35NO2Si/c1-16(2)15-19-17(20)13-11-9-8-10-12-14-21-22(6,7)18(3,4)5/h8-9,11,13,16H,10,12,14-15H2,1-7H3,(H,19,20)/b9-8+,13-11+. The van der Waals surface area contributed by atoms with Gasteiger partial charge in [-0.05, 0) is 36.9 Å². The van der Waals surface area contributed by atoms with Crippen LogP contribution in [0.2, 0.25) is 18.1 Å². The van der Waals surface area contributed by atoms with E-state index in [0.717, 1.165) is 26.0 Å². The van der Waals surface area contributed by atoms with Gasteiger partial charge in [0.2, 0.25) is 5.91 Å². The molecule has 4 heteroatoms. The zero-order chi connectivity index (χ0) is 17.2. The number of allylic oxidation sites excluding steroid dienone is 3. The van der Waals surface area contributed by atoms with E-state index in [0.29, 0.717) is 5.92 Å². The molecule has 0 radical (unpaired) electrons. The molecule has 1 amide bonds. The van der Waals surface area contributed by atoms with Gasteiger partial charge in [-0.25, -0.2) is 0 Å². The van der Waals surface area contributed by atoms with Crippen LogP contribution in [-0.4, -0.2) is 27.4 Å². The molecule has 0 atom stereocenters. The monoisotopic (exact) mass is 325 g/mol. The van der Waals surface area contributed by atoms with Crippen LogP contribution < -0.4 is 5.32 Å². The van der Waals surface area contributed by atoms with E-state index in [1.165, 1.54) is 0 Å². The molecular weight excluding hydrogens is 290 g/mol. The van der Waals surface area contributed by atoms with Crippen molar-refractivity contribution in [3.05, 3.63) is 24.3 Å². The summed E-state index contributed by atoms with van der Waals surface area (Å²) in [5.41, 5.74) is 0. The van der Waals surface area contributed by atoms with Crippen LogP contribution in [-0.2, 0) is 9.22 Å². The van der Waals surface area contributed by atoms with Crippen LogP contribution >= 0.6 is 0 Å². The summed E-state index contributed by atoms with van der Waals surface area (Å²) in [7, 11) is -1.60. The normalized spacial score (nSPS) is 13.5. The first-order valence-corrected chi connectivity index (χ1v) is 11.2. The van der Waals surface area contributed by atoms with E-state index < -0.39 is 8.32 Å². The third-order valence-corrected chi connectivity index (χ3v) is 8.50. The van der Waals surface area contributed by atoms with Crippen LogP contribution in [0.4, 0.5) is 0 Å². The fraction of sp³-hybridized carbons (Fsp3) is 0.722. The minimum absolute atomic E-state index is 0.0281. The van der Waals surface area contributed by atoms with Gasteiger partial charge < -0.3 is 9.74 Å². The molecule has 0 spiro atoms. The second kappa shape index (κ2) is 10.0. The van der Waals surface area contributed by atoms with Crippen LogP contribution in [0.3, 0.4) is 0 Å². The Balaban J connectivity index is 3.82. The average Bonchev–Trinajstić information content (AvgIpc) is 2.38. The molecule has 0 aliphatic heterocycles. The summed E-state index contributed by atoms with van der Waals surface area (Å²) < 4.78 is 6.12. The Morgan fingerprint density at radius 2 is 1.86 bits per heavy atom. The molecule has 0 saturated heterocycles. The van der Waals surface area contributed by atoms with Crippen molar-refractivity contribution >= 4 is 14.2 Å². The van der Waals surface area contributed by atoms with Gasteiger partial charge in [0, 0.05) is 19.2 Å². The van der Waals surface area contributed by atoms with Crippen molar-refractivity contribution in [2.24, 2.45) is 5.92 Å². The maximum absolute atomic E-state index is 11.4. The number of rotatable bonds is 9. The van der Waals surface area contributed by atoms with E-state index in [2.05, 4.69) is 59.1 Å². The van der Waals surface area contributed by atoms with Gasteiger partial charge in [-0.15, -0.1) is 0 Å². The summed E-state index contributed by atoms with van der Waals surface area (Å²) in [6.45, 7) is 17.0. The molecule has 0 aliphatic rings. The van der Waals surface area contributed by atoms with Crippen molar-refractivity contribution in [2.45, 2.75) is 65.6 Å². The average molecular weight is 326 g/mol. The molecule has 0 saturated carbocycles. The Kier molecular flexibility index (Phi) is 9.61. The minimum Gasteiger partial charge on any atom is -0.417 e. The molecule has 0 bridgehead atoms. The van der Waals surface area contributed by atoms with E-state index >= 15 is 0 Å². The van der Waals surface area contributed by atoms with Gasteiger partial charge in [0.1, 0.15) is 0 Å². The van der Waals surface area contributed by atoms with Gasteiger partial charge in [-0.2, -0.15) is 0 Å². The second-order valence-electron chi connectivity index (χ2n) is 7.68. The Bertz CT molecular complexity index is 379. The summed E-state index contributed by atoms with van der Waals surface area (Å²) >= 11 is 0. The molecule has 0 aromatic rings. The molecule has 0 aliphatic carbocycles. The number of hydrogen-bond acceptors (Lipinski definition) is 2. The van der Waals surface area contributed by atoms with Crippen LogP contribution in [0.25, 0.3) is 0 Å². The molecule has 0 fully saturated rings. The molecule has 0 aromatic heterocycles.